The number of hydrogen-bond acceptors (Lipinski definition) is 2. The molecule has 1 N–H and O–H groups in total. The van der Waals surface area contributed by atoms with Crippen LogP contribution in [0.4, 0.5) is 0 Å². The molecule has 1 amide bonds. The lowest BCUT2D eigenvalue weighted by Crippen LogP contribution is -2.52. The van der Waals surface area contributed by atoms with Crippen LogP contribution in [0, 0.1) is 17.2 Å². The van der Waals surface area contributed by atoms with Crippen LogP contribution >= 0.6 is 15.9 Å². The number of nitrogens with zero attached hydrogens (tertiary/aromatic N) is 1. The summed E-state index contributed by atoms with van der Waals surface area (Å²) in [6.07, 6.45) is 4.42. The molecule has 2 unspecified atom stereocenters. The van der Waals surface area contributed by atoms with Crippen molar-refractivity contribution in [1.29, 1.82) is 5.26 Å². The lowest BCUT2D eigenvalue weighted by molar-refractivity contribution is 0.0869. The summed E-state index contributed by atoms with van der Waals surface area (Å²) in [6.45, 7) is 2.24. The monoisotopic (exact) mass is 334 g/mol. The van der Waals surface area contributed by atoms with Gasteiger partial charge in [0.2, 0.25) is 0 Å². The zero-order valence-corrected chi connectivity index (χ0v) is 13.2. The Bertz CT molecular complexity index is 520. The van der Waals surface area contributed by atoms with Crippen molar-refractivity contribution in [3.63, 3.8) is 0 Å². The van der Waals surface area contributed by atoms with E-state index < -0.39 is 0 Å². The molecule has 0 aliphatic heterocycles. The third-order valence-electron chi connectivity index (χ3n) is 4.00. The highest BCUT2D eigenvalue weighted by molar-refractivity contribution is 9.09. The molecule has 2 atom stereocenters. The number of amides is 1. The molecule has 3 nitrogen and oxygen atoms in total. The number of alkyl halides is 1. The molecule has 106 valence electrons. The van der Waals surface area contributed by atoms with Gasteiger partial charge in [0.05, 0.1) is 17.2 Å². The van der Waals surface area contributed by atoms with E-state index in [1.54, 1.807) is 24.3 Å². The van der Waals surface area contributed by atoms with Crippen LogP contribution in [0.1, 0.15) is 48.5 Å². The lowest BCUT2D eigenvalue weighted by atomic mass is 9.77. The molecule has 0 spiro atoms. The van der Waals surface area contributed by atoms with Crippen molar-refractivity contribution in [3.8, 4) is 6.07 Å². The maximum atomic E-state index is 12.4. The Kier molecular flexibility index (Phi) is 4.82. The molecular formula is C16H19BrN2O. The fourth-order valence-corrected chi connectivity index (χ4v) is 3.59. The molecule has 1 aromatic rings. The van der Waals surface area contributed by atoms with Gasteiger partial charge in [0.25, 0.3) is 5.91 Å². The summed E-state index contributed by atoms with van der Waals surface area (Å²) in [5.74, 6) is 0.589. The van der Waals surface area contributed by atoms with Crippen LogP contribution in [0.15, 0.2) is 24.3 Å². The molecule has 0 bridgehead atoms. The highest BCUT2D eigenvalue weighted by Crippen LogP contribution is 2.33. The molecule has 0 radical (unpaired) electrons. The van der Waals surface area contributed by atoms with Crippen molar-refractivity contribution in [3.05, 3.63) is 35.4 Å². The Morgan fingerprint density at radius 1 is 1.50 bits per heavy atom. The molecule has 1 fully saturated rings. The van der Waals surface area contributed by atoms with Crippen molar-refractivity contribution in [2.75, 3.05) is 5.33 Å². The smallest absolute Gasteiger partial charge is 0.251 e. The molecular weight excluding hydrogens is 316 g/mol. The maximum absolute atomic E-state index is 12.4. The number of carbonyl (C=O) groups is 1. The normalized spacial score (nSPS) is 25.8. The van der Waals surface area contributed by atoms with E-state index in [9.17, 15) is 4.79 Å². The molecule has 1 aliphatic rings. The standard InChI is InChI=1S/C16H19BrN2O/c1-12-3-2-8-16(9-12,11-17)19-15(20)14-6-4-13(10-18)5-7-14/h4-7,12H,2-3,8-9,11H2,1H3,(H,19,20). The molecule has 2 rings (SSSR count). The molecule has 1 saturated carbocycles. The van der Waals surface area contributed by atoms with Crippen LogP contribution < -0.4 is 5.32 Å². The van der Waals surface area contributed by atoms with E-state index >= 15 is 0 Å². The number of rotatable bonds is 3. The molecule has 0 saturated heterocycles. The predicted molar refractivity (Wildman–Crippen MR) is 82.8 cm³/mol. The van der Waals surface area contributed by atoms with Crippen molar-refractivity contribution in [2.24, 2.45) is 5.92 Å². The van der Waals surface area contributed by atoms with Gasteiger partial charge in [-0.1, -0.05) is 35.7 Å². The van der Waals surface area contributed by atoms with E-state index in [1.165, 1.54) is 6.42 Å². The summed E-state index contributed by atoms with van der Waals surface area (Å²) < 4.78 is 0. The van der Waals surface area contributed by atoms with E-state index in [0.29, 0.717) is 17.0 Å². The van der Waals surface area contributed by atoms with Crippen LogP contribution in [-0.4, -0.2) is 16.8 Å². The highest BCUT2D eigenvalue weighted by Gasteiger charge is 2.35. The Labute approximate surface area is 128 Å². The molecule has 1 aliphatic carbocycles. The van der Waals surface area contributed by atoms with Crippen LogP contribution in [0.5, 0.6) is 0 Å². The first kappa shape index (κ1) is 15.1. The number of halogens is 1. The average Bonchev–Trinajstić information content (AvgIpc) is 2.47. The first-order valence-electron chi connectivity index (χ1n) is 6.97. The van der Waals surface area contributed by atoms with Gasteiger partial charge in [0, 0.05) is 10.9 Å². The van der Waals surface area contributed by atoms with Crippen LogP contribution in [0.3, 0.4) is 0 Å². The van der Waals surface area contributed by atoms with E-state index in [1.807, 2.05) is 0 Å². The van der Waals surface area contributed by atoms with E-state index in [0.717, 1.165) is 24.6 Å². The van der Waals surface area contributed by atoms with E-state index in [4.69, 9.17) is 5.26 Å². The van der Waals surface area contributed by atoms with Crippen molar-refractivity contribution >= 4 is 21.8 Å². The summed E-state index contributed by atoms with van der Waals surface area (Å²) >= 11 is 3.56. The lowest BCUT2D eigenvalue weighted by Gasteiger charge is -2.39. The first-order valence-corrected chi connectivity index (χ1v) is 8.09. The Balaban J connectivity index is 2.10. The maximum Gasteiger partial charge on any atom is 0.251 e. The second-order valence-corrected chi connectivity index (χ2v) is 6.32. The van der Waals surface area contributed by atoms with Crippen molar-refractivity contribution < 1.29 is 4.79 Å². The Morgan fingerprint density at radius 2 is 2.20 bits per heavy atom. The third kappa shape index (κ3) is 3.40. The minimum Gasteiger partial charge on any atom is -0.346 e. The molecule has 0 aromatic heterocycles. The fraction of sp³-hybridized carbons (Fsp3) is 0.500. The molecule has 20 heavy (non-hydrogen) atoms. The summed E-state index contributed by atoms with van der Waals surface area (Å²) in [5, 5.41) is 12.8. The van der Waals surface area contributed by atoms with Gasteiger partial charge >= 0.3 is 0 Å². The first-order chi connectivity index (χ1) is 9.58. The van der Waals surface area contributed by atoms with Gasteiger partial charge in [0.1, 0.15) is 0 Å². The van der Waals surface area contributed by atoms with Gasteiger partial charge in [-0.3, -0.25) is 4.79 Å². The highest BCUT2D eigenvalue weighted by atomic mass is 79.9. The Morgan fingerprint density at radius 3 is 2.75 bits per heavy atom. The quantitative estimate of drug-likeness (QED) is 0.858. The topological polar surface area (TPSA) is 52.9 Å². The molecule has 0 heterocycles. The molecule has 4 heteroatoms. The largest absolute Gasteiger partial charge is 0.346 e. The fourth-order valence-electron chi connectivity index (χ4n) is 2.94. The van der Waals surface area contributed by atoms with E-state index in [-0.39, 0.29) is 11.4 Å². The zero-order chi connectivity index (χ0) is 14.6. The Hall–Kier alpha value is -1.34. The summed E-state index contributed by atoms with van der Waals surface area (Å²) in [4.78, 5) is 12.4. The number of benzene rings is 1. The second kappa shape index (κ2) is 6.41. The molecule has 1 aromatic carbocycles. The van der Waals surface area contributed by atoms with Gasteiger partial charge in [-0.25, -0.2) is 0 Å². The van der Waals surface area contributed by atoms with E-state index in [2.05, 4.69) is 34.2 Å². The minimum absolute atomic E-state index is 0.0527. The van der Waals surface area contributed by atoms with Crippen molar-refractivity contribution in [1.82, 2.24) is 5.32 Å². The minimum atomic E-state index is -0.136. The number of hydrogen-bond donors (Lipinski definition) is 1. The number of carbonyl (C=O) groups excluding carboxylic acids is 1. The average molecular weight is 335 g/mol. The van der Waals surface area contributed by atoms with Crippen LogP contribution in [0.2, 0.25) is 0 Å². The van der Waals surface area contributed by atoms with Gasteiger partial charge in [-0.2, -0.15) is 5.26 Å². The summed E-state index contributed by atoms with van der Waals surface area (Å²) in [7, 11) is 0. The van der Waals surface area contributed by atoms with Gasteiger partial charge < -0.3 is 5.32 Å². The van der Waals surface area contributed by atoms with Gasteiger partial charge in [-0.15, -0.1) is 0 Å². The number of nitrogens with one attached hydrogen (secondary N) is 1. The SMILES string of the molecule is CC1CCCC(CBr)(NC(=O)c2ccc(C#N)cc2)C1. The third-order valence-corrected chi connectivity index (χ3v) is 5.08. The van der Waals surface area contributed by atoms with Crippen molar-refractivity contribution in [2.45, 2.75) is 38.1 Å². The predicted octanol–water partition coefficient (Wildman–Crippen LogP) is 3.63. The number of nitriles is 1. The van der Waals surface area contributed by atoms with Crippen LogP contribution in [0.25, 0.3) is 0 Å². The summed E-state index contributed by atoms with van der Waals surface area (Å²) in [6, 6.07) is 8.84. The van der Waals surface area contributed by atoms with Gasteiger partial charge in [0.15, 0.2) is 0 Å². The second-order valence-electron chi connectivity index (χ2n) is 5.76. The summed E-state index contributed by atoms with van der Waals surface area (Å²) in [5.41, 5.74) is 1.05. The van der Waals surface area contributed by atoms with Gasteiger partial charge in [-0.05, 0) is 43.0 Å². The van der Waals surface area contributed by atoms with Crippen LogP contribution in [-0.2, 0) is 0 Å². The zero-order valence-electron chi connectivity index (χ0n) is 11.7.